The molecule has 3 rings (SSSR count). The maximum absolute atomic E-state index is 12.3. The molecule has 0 atom stereocenters. The van der Waals surface area contributed by atoms with Crippen molar-refractivity contribution in [1.29, 1.82) is 0 Å². The maximum atomic E-state index is 12.3. The second-order valence-electron chi connectivity index (χ2n) is 4.90. The third kappa shape index (κ3) is 2.49. The fraction of sp³-hybridized carbons (Fsp3) is 0.286. The Kier molecular flexibility index (Phi) is 3.36. The Morgan fingerprint density at radius 2 is 2.00 bits per heavy atom. The van der Waals surface area contributed by atoms with E-state index in [1.54, 1.807) is 17.0 Å². The molecular weight excluding hydrogens is 278 g/mol. The van der Waals surface area contributed by atoms with Crippen LogP contribution >= 0.6 is 11.6 Å². The Balaban J connectivity index is 1.71. The molecule has 20 heavy (non-hydrogen) atoms. The molecule has 2 heterocycles. The number of nitrogens with zero attached hydrogens (tertiary/aromatic N) is 1. The van der Waals surface area contributed by atoms with Crippen LogP contribution in [0.5, 0.6) is 0 Å². The smallest absolute Gasteiger partial charge is 0.269 e. The fourth-order valence-electron chi connectivity index (χ4n) is 2.42. The molecule has 0 saturated heterocycles. The summed E-state index contributed by atoms with van der Waals surface area (Å²) in [5.74, 6) is 0.0265. The minimum absolute atomic E-state index is 0.0265. The zero-order valence-corrected chi connectivity index (χ0v) is 11.5. The fourth-order valence-corrected chi connectivity index (χ4v) is 2.54. The Labute approximate surface area is 120 Å². The quantitative estimate of drug-likeness (QED) is 0.880. The number of carbonyl (C=O) groups excluding carboxylic acids is 1. The monoisotopic (exact) mass is 291 g/mol. The Bertz CT molecular complexity index is 687. The van der Waals surface area contributed by atoms with E-state index < -0.39 is 0 Å². The van der Waals surface area contributed by atoms with Crippen molar-refractivity contribution in [2.24, 2.45) is 0 Å². The van der Waals surface area contributed by atoms with E-state index in [9.17, 15) is 9.59 Å². The number of H-pyrrole nitrogens is 2. The lowest BCUT2D eigenvalue weighted by Crippen LogP contribution is -2.38. The van der Waals surface area contributed by atoms with Gasteiger partial charge in [0, 0.05) is 23.7 Å². The third-order valence-corrected chi connectivity index (χ3v) is 3.82. The molecule has 1 aromatic carbocycles. The number of hydrogen-bond acceptors (Lipinski definition) is 2. The van der Waals surface area contributed by atoms with E-state index in [-0.39, 0.29) is 11.5 Å². The highest BCUT2D eigenvalue weighted by molar-refractivity contribution is 6.30. The van der Waals surface area contributed by atoms with Crippen LogP contribution in [-0.4, -0.2) is 27.5 Å². The van der Waals surface area contributed by atoms with Crippen LogP contribution in [-0.2, 0) is 24.2 Å². The van der Waals surface area contributed by atoms with Gasteiger partial charge in [-0.1, -0.05) is 23.7 Å². The van der Waals surface area contributed by atoms with Crippen molar-refractivity contribution in [3.05, 3.63) is 56.5 Å². The Hall–Kier alpha value is -2.01. The predicted molar refractivity (Wildman–Crippen MR) is 75.7 cm³/mol. The summed E-state index contributed by atoms with van der Waals surface area (Å²) in [5, 5.41) is 6.07. The molecule has 1 aromatic heterocycles. The van der Waals surface area contributed by atoms with E-state index in [0.29, 0.717) is 36.5 Å². The van der Waals surface area contributed by atoms with Gasteiger partial charge in [0.1, 0.15) is 0 Å². The molecule has 0 saturated carbocycles. The molecule has 0 spiro atoms. The number of rotatable bonds is 2. The van der Waals surface area contributed by atoms with Crippen molar-refractivity contribution >= 4 is 17.5 Å². The van der Waals surface area contributed by atoms with Crippen LogP contribution in [0.3, 0.4) is 0 Å². The van der Waals surface area contributed by atoms with Gasteiger partial charge in [-0.3, -0.25) is 14.7 Å². The summed E-state index contributed by atoms with van der Waals surface area (Å²) >= 11 is 5.82. The van der Waals surface area contributed by atoms with Gasteiger partial charge in [0.2, 0.25) is 5.91 Å². The van der Waals surface area contributed by atoms with Gasteiger partial charge in [-0.15, -0.1) is 0 Å². The second-order valence-corrected chi connectivity index (χ2v) is 5.34. The number of benzene rings is 1. The van der Waals surface area contributed by atoms with Gasteiger partial charge in [-0.25, -0.2) is 0 Å². The van der Waals surface area contributed by atoms with Gasteiger partial charge < -0.3 is 10.00 Å². The molecule has 6 heteroatoms. The minimum atomic E-state index is -0.135. The van der Waals surface area contributed by atoms with Gasteiger partial charge in [0.05, 0.1) is 18.5 Å². The lowest BCUT2D eigenvalue weighted by atomic mass is 10.1. The molecule has 0 aliphatic carbocycles. The highest BCUT2D eigenvalue weighted by atomic mass is 35.5. The van der Waals surface area contributed by atoms with Crippen LogP contribution in [0.4, 0.5) is 0 Å². The summed E-state index contributed by atoms with van der Waals surface area (Å²) in [7, 11) is 0. The van der Waals surface area contributed by atoms with E-state index in [2.05, 4.69) is 10.2 Å². The first-order valence-electron chi connectivity index (χ1n) is 6.44. The first kappa shape index (κ1) is 13.0. The molecule has 0 bridgehead atoms. The van der Waals surface area contributed by atoms with Crippen molar-refractivity contribution < 1.29 is 4.79 Å². The molecule has 104 valence electrons. The summed E-state index contributed by atoms with van der Waals surface area (Å²) in [5.41, 5.74) is 2.36. The number of aromatic amines is 2. The lowest BCUT2D eigenvalue weighted by molar-refractivity contribution is -0.131. The van der Waals surface area contributed by atoms with Crippen molar-refractivity contribution in [2.75, 3.05) is 6.54 Å². The average molecular weight is 292 g/mol. The summed E-state index contributed by atoms with van der Waals surface area (Å²) in [6.45, 7) is 1.01. The molecule has 0 radical (unpaired) electrons. The van der Waals surface area contributed by atoms with Crippen molar-refractivity contribution in [3.8, 4) is 0 Å². The van der Waals surface area contributed by atoms with E-state index in [4.69, 9.17) is 11.6 Å². The molecule has 1 aliphatic rings. The average Bonchev–Trinajstić information content (AvgIpc) is 2.82. The minimum Gasteiger partial charge on any atom is -0.337 e. The Morgan fingerprint density at radius 3 is 2.75 bits per heavy atom. The van der Waals surface area contributed by atoms with Crippen molar-refractivity contribution in [2.45, 2.75) is 19.4 Å². The zero-order valence-electron chi connectivity index (χ0n) is 10.8. The topological polar surface area (TPSA) is 69.0 Å². The largest absolute Gasteiger partial charge is 0.337 e. The summed E-state index contributed by atoms with van der Waals surface area (Å²) < 4.78 is 0. The van der Waals surface area contributed by atoms with E-state index in [0.717, 1.165) is 11.3 Å². The number of halogens is 1. The highest BCUT2D eigenvalue weighted by Crippen LogP contribution is 2.15. The van der Waals surface area contributed by atoms with E-state index in [1.807, 2.05) is 12.1 Å². The normalized spacial score (nSPS) is 14.2. The number of hydrogen-bond donors (Lipinski definition) is 2. The SMILES string of the molecule is O=C(Cc1ccc(Cl)cc1)N1CCc2[nH][nH]c(=O)c2C1. The first-order chi connectivity index (χ1) is 9.63. The van der Waals surface area contributed by atoms with Crippen molar-refractivity contribution in [1.82, 2.24) is 15.1 Å². The summed E-state index contributed by atoms with van der Waals surface area (Å²) in [6.07, 6.45) is 1.01. The lowest BCUT2D eigenvalue weighted by Gasteiger charge is -2.26. The van der Waals surface area contributed by atoms with Crippen LogP contribution in [0.15, 0.2) is 29.1 Å². The molecule has 0 unspecified atom stereocenters. The molecule has 1 amide bonds. The summed E-state index contributed by atoms with van der Waals surface area (Å²) in [4.78, 5) is 25.6. The molecule has 0 fully saturated rings. The van der Waals surface area contributed by atoms with Crippen LogP contribution in [0.25, 0.3) is 0 Å². The van der Waals surface area contributed by atoms with Crippen LogP contribution < -0.4 is 5.56 Å². The van der Waals surface area contributed by atoms with Gasteiger partial charge in [0.15, 0.2) is 0 Å². The van der Waals surface area contributed by atoms with Gasteiger partial charge in [-0.05, 0) is 17.7 Å². The predicted octanol–water partition coefficient (Wildman–Crippen LogP) is 1.48. The summed E-state index contributed by atoms with van der Waals surface area (Å²) in [6, 6.07) is 7.24. The number of carbonyl (C=O) groups is 1. The molecule has 2 aromatic rings. The maximum Gasteiger partial charge on any atom is 0.269 e. The van der Waals surface area contributed by atoms with Crippen molar-refractivity contribution in [3.63, 3.8) is 0 Å². The molecule has 2 N–H and O–H groups in total. The molecule has 5 nitrogen and oxygen atoms in total. The van der Waals surface area contributed by atoms with Gasteiger partial charge in [-0.2, -0.15) is 0 Å². The zero-order chi connectivity index (χ0) is 14.1. The van der Waals surface area contributed by atoms with Crippen LogP contribution in [0.1, 0.15) is 16.8 Å². The molecule has 1 aliphatic heterocycles. The highest BCUT2D eigenvalue weighted by Gasteiger charge is 2.23. The second kappa shape index (κ2) is 5.17. The van der Waals surface area contributed by atoms with Gasteiger partial charge >= 0.3 is 0 Å². The van der Waals surface area contributed by atoms with Gasteiger partial charge in [0.25, 0.3) is 5.56 Å². The van der Waals surface area contributed by atoms with E-state index >= 15 is 0 Å². The number of amides is 1. The molecular formula is C14H14ClN3O2. The van der Waals surface area contributed by atoms with Crippen LogP contribution in [0, 0.1) is 0 Å². The number of aromatic nitrogens is 2. The number of fused-ring (bicyclic) bond motifs is 1. The van der Waals surface area contributed by atoms with E-state index in [1.165, 1.54) is 0 Å². The van der Waals surface area contributed by atoms with Crippen LogP contribution in [0.2, 0.25) is 5.02 Å². The first-order valence-corrected chi connectivity index (χ1v) is 6.82. The number of nitrogens with one attached hydrogen (secondary N) is 2. The standard InChI is InChI=1S/C14H14ClN3O2/c15-10-3-1-9(2-4-10)7-13(19)18-6-5-12-11(8-18)14(20)17-16-12/h1-4H,5-8H2,(H2,16,17,20). The third-order valence-electron chi connectivity index (χ3n) is 3.57. The Morgan fingerprint density at radius 1 is 1.25 bits per heavy atom.